The first-order chi connectivity index (χ1) is 13.1. The van der Waals surface area contributed by atoms with E-state index in [0.717, 1.165) is 11.3 Å². The Kier molecular flexibility index (Phi) is 4.37. The molecule has 4 rings (SSSR count). The van der Waals surface area contributed by atoms with Gasteiger partial charge in [-0.3, -0.25) is 9.36 Å². The standard InChI is InChI=1S/C20H17N3O3S/c1-12-16(19(25)26-2)17(13-7-4-3-5-8-13)23-18(24)15(27-20(23)22-12)11-14-9-6-10-21-14/h3-11,17,21H,1-2H3/b15-11+/t17-/m1/s1. The fourth-order valence-corrected chi connectivity index (χ4v) is 4.26. The van der Waals surface area contributed by atoms with Crippen molar-refractivity contribution in [1.29, 1.82) is 0 Å². The molecule has 27 heavy (non-hydrogen) atoms. The number of H-pyrrole nitrogens is 1. The van der Waals surface area contributed by atoms with Gasteiger partial charge in [0.1, 0.15) is 0 Å². The lowest BCUT2D eigenvalue weighted by Crippen LogP contribution is -2.39. The second-order valence-electron chi connectivity index (χ2n) is 6.11. The maximum atomic E-state index is 13.2. The number of allylic oxidation sites excluding steroid dienone is 1. The number of fused-ring (bicyclic) bond motifs is 1. The lowest BCUT2D eigenvalue weighted by molar-refractivity contribution is -0.136. The van der Waals surface area contributed by atoms with Gasteiger partial charge >= 0.3 is 5.97 Å². The fourth-order valence-electron chi connectivity index (χ4n) is 3.22. The number of aromatic nitrogens is 2. The van der Waals surface area contributed by atoms with E-state index in [1.165, 1.54) is 18.4 Å². The van der Waals surface area contributed by atoms with Crippen molar-refractivity contribution in [2.24, 2.45) is 4.99 Å². The molecule has 0 bridgehead atoms. The average molecular weight is 379 g/mol. The monoisotopic (exact) mass is 379 g/mol. The minimum Gasteiger partial charge on any atom is -0.466 e. The molecule has 1 N–H and O–H groups in total. The summed E-state index contributed by atoms with van der Waals surface area (Å²) in [6.07, 6.45) is 3.60. The molecule has 136 valence electrons. The normalized spacial score (nSPS) is 16.8. The van der Waals surface area contributed by atoms with Crippen molar-refractivity contribution >= 4 is 23.4 Å². The van der Waals surface area contributed by atoms with E-state index in [4.69, 9.17) is 4.74 Å². The number of hydrogen-bond acceptors (Lipinski definition) is 5. The molecule has 0 spiro atoms. The number of hydrogen-bond donors (Lipinski definition) is 1. The molecule has 1 aliphatic rings. The Labute approximate surface area is 158 Å². The quantitative estimate of drug-likeness (QED) is 0.704. The van der Waals surface area contributed by atoms with Crippen molar-refractivity contribution in [3.63, 3.8) is 0 Å². The maximum absolute atomic E-state index is 13.2. The zero-order valence-electron chi connectivity index (χ0n) is 14.8. The lowest BCUT2D eigenvalue weighted by Gasteiger charge is -2.24. The first-order valence-corrected chi connectivity index (χ1v) is 9.21. The number of rotatable bonds is 3. The zero-order chi connectivity index (χ0) is 19.0. The Hall–Kier alpha value is -3.19. The Morgan fingerprint density at radius 3 is 2.70 bits per heavy atom. The van der Waals surface area contributed by atoms with Gasteiger partial charge in [0.25, 0.3) is 5.56 Å². The summed E-state index contributed by atoms with van der Waals surface area (Å²) < 4.78 is 7.11. The number of thiazole rings is 1. The zero-order valence-corrected chi connectivity index (χ0v) is 15.6. The van der Waals surface area contributed by atoms with Crippen molar-refractivity contribution in [1.82, 2.24) is 9.55 Å². The van der Waals surface area contributed by atoms with E-state index in [0.29, 0.717) is 20.6 Å². The average Bonchev–Trinajstić information content (AvgIpc) is 3.29. The Morgan fingerprint density at radius 1 is 1.26 bits per heavy atom. The van der Waals surface area contributed by atoms with E-state index in [-0.39, 0.29) is 5.56 Å². The summed E-state index contributed by atoms with van der Waals surface area (Å²) in [5.74, 6) is -0.483. The topological polar surface area (TPSA) is 76.4 Å². The van der Waals surface area contributed by atoms with Crippen LogP contribution in [0.2, 0.25) is 0 Å². The van der Waals surface area contributed by atoms with Crippen LogP contribution in [0.4, 0.5) is 0 Å². The highest BCUT2D eigenvalue weighted by Crippen LogP contribution is 2.30. The molecule has 0 saturated carbocycles. The highest BCUT2D eigenvalue weighted by atomic mass is 32.1. The van der Waals surface area contributed by atoms with Crippen molar-refractivity contribution in [3.05, 3.63) is 90.9 Å². The second-order valence-corrected chi connectivity index (χ2v) is 7.12. The molecule has 0 unspecified atom stereocenters. The van der Waals surface area contributed by atoms with Crippen LogP contribution in [0.25, 0.3) is 6.08 Å². The van der Waals surface area contributed by atoms with Gasteiger partial charge in [-0.25, -0.2) is 9.79 Å². The van der Waals surface area contributed by atoms with Gasteiger partial charge in [0.15, 0.2) is 4.80 Å². The van der Waals surface area contributed by atoms with Crippen molar-refractivity contribution in [3.8, 4) is 0 Å². The third kappa shape index (κ3) is 2.96. The number of esters is 1. The predicted molar refractivity (Wildman–Crippen MR) is 103 cm³/mol. The first kappa shape index (κ1) is 17.2. The van der Waals surface area contributed by atoms with Crippen molar-refractivity contribution in [2.45, 2.75) is 13.0 Å². The molecule has 6 nitrogen and oxygen atoms in total. The van der Waals surface area contributed by atoms with Crippen LogP contribution in [0.15, 0.2) is 69.7 Å². The molecule has 0 aliphatic carbocycles. The van der Waals surface area contributed by atoms with Crippen LogP contribution < -0.4 is 14.9 Å². The summed E-state index contributed by atoms with van der Waals surface area (Å²) in [6, 6.07) is 12.6. The van der Waals surface area contributed by atoms with Crippen LogP contribution in [0, 0.1) is 0 Å². The number of aromatic amines is 1. The number of benzene rings is 1. The predicted octanol–water partition coefficient (Wildman–Crippen LogP) is 1.74. The summed E-state index contributed by atoms with van der Waals surface area (Å²) >= 11 is 1.31. The number of carbonyl (C=O) groups is 1. The molecule has 1 atom stereocenters. The Balaban J connectivity index is 2.00. The van der Waals surface area contributed by atoms with Crippen LogP contribution in [0.1, 0.15) is 24.2 Å². The number of carbonyl (C=O) groups excluding carboxylic acids is 1. The summed E-state index contributed by atoms with van der Waals surface area (Å²) in [4.78, 5) is 33.8. The molecule has 0 saturated heterocycles. The van der Waals surface area contributed by atoms with Crippen molar-refractivity contribution < 1.29 is 9.53 Å². The number of methoxy groups -OCH3 is 1. The Bertz CT molecular complexity index is 1200. The molecule has 3 aromatic rings. The highest BCUT2D eigenvalue weighted by Gasteiger charge is 2.32. The summed E-state index contributed by atoms with van der Waals surface area (Å²) in [6.45, 7) is 1.77. The van der Waals surface area contributed by atoms with Gasteiger partial charge in [0, 0.05) is 11.9 Å². The van der Waals surface area contributed by atoms with E-state index in [9.17, 15) is 9.59 Å². The van der Waals surface area contributed by atoms with E-state index < -0.39 is 12.0 Å². The second kappa shape index (κ2) is 6.85. The summed E-state index contributed by atoms with van der Waals surface area (Å²) in [5, 5.41) is 0. The minimum absolute atomic E-state index is 0.184. The third-order valence-electron chi connectivity index (χ3n) is 4.45. The van der Waals surface area contributed by atoms with Gasteiger partial charge in [-0.15, -0.1) is 0 Å². The molecule has 1 aliphatic heterocycles. The van der Waals surface area contributed by atoms with Crippen LogP contribution in [-0.2, 0) is 9.53 Å². The minimum atomic E-state index is -0.569. The van der Waals surface area contributed by atoms with Crippen LogP contribution in [0.5, 0.6) is 0 Å². The van der Waals surface area contributed by atoms with E-state index >= 15 is 0 Å². The van der Waals surface area contributed by atoms with E-state index in [2.05, 4.69) is 9.98 Å². The largest absolute Gasteiger partial charge is 0.466 e. The molecule has 2 aromatic heterocycles. The number of nitrogens with one attached hydrogen (secondary N) is 1. The number of ether oxygens (including phenoxy) is 1. The summed E-state index contributed by atoms with van der Waals surface area (Å²) in [5.41, 5.74) is 2.42. The molecule has 0 amide bonds. The molecule has 3 heterocycles. The SMILES string of the molecule is COC(=O)C1=C(C)N=c2s/c(=C/c3ccc[nH]3)c(=O)n2[C@@H]1c1ccccc1. The van der Waals surface area contributed by atoms with Gasteiger partial charge < -0.3 is 9.72 Å². The molecule has 7 heteroatoms. The van der Waals surface area contributed by atoms with Crippen LogP contribution >= 0.6 is 11.3 Å². The Morgan fingerprint density at radius 2 is 2.04 bits per heavy atom. The van der Waals surface area contributed by atoms with E-state index in [1.54, 1.807) is 23.8 Å². The summed E-state index contributed by atoms with van der Waals surface area (Å²) in [7, 11) is 1.33. The first-order valence-electron chi connectivity index (χ1n) is 8.39. The smallest absolute Gasteiger partial charge is 0.338 e. The molecular weight excluding hydrogens is 362 g/mol. The van der Waals surface area contributed by atoms with Crippen LogP contribution in [-0.4, -0.2) is 22.6 Å². The number of nitrogens with zero attached hydrogens (tertiary/aromatic N) is 2. The lowest BCUT2D eigenvalue weighted by atomic mass is 9.96. The molecule has 1 aromatic carbocycles. The molecule has 0 radical (unpaired) electrons. The van der Waals surface area contributed by atoms with Gasteiger partial charge in [0.2, 0.25) is 0 Å². The van der Waals surface area contributed by atoms with Gasteiger partial charge in [-0.2, -0.15) is 0 Å². The molecular formula is C20H17N3O3S. The molecule has 0 fully saturated rings. The van der Waals surface area contributed by atoms with Gasteiger partial charge in [-0.05, 0) is 30.7 Å². The maximum Gasteiger partial charge on any atom is 0.338 e. The van der Waals surface area contributed by atoms with E-state index in [1.807, 2.05) is 42.5 Å². The fraction of sp³-hybridized carbons (Fsp3) is 0.150. The highest BCUT2D eigenvalue weighted by molar-refractivity contribution is 7.07. The van der Waals surface area contributed by atoms with Gasteiger partial charge in [0.05, 0.1) is 29.0 Å². The third-order valence-corrected chi connectivity index (χ3v) is 5.43. The van der Waals surface area contributed by atoms with Gasteiger partial charge in [-0.1, -0.05) is 41.7 Å². The van der Waals surface area contributed by atoms with Crippen molar-refractivity contribution in [2.75, 3.05) is 7.11 Å². The van der Waals surface area contributed by atoms with Crippen LogP contribution in [0.3, 0.4) is 0 Å².